The lowest BCUT2D eigenvalue weighted by molar-refractivity contribution is 0.0317. The minimum Gasteiger partial charge on any atom is -0.388 e. The Balaban J connectivity index is 1.77. The molecule has 0 spiro atoms. The number of rotatable bonds is 4. The van der Waals surface area contributed by atoms with Crippen LogP contribution in [0.1, 0.15) is 23.1 Å². The normalized spacial score (nSPS) is 20.6. The topological polar surface area (TPSA) is 66.4 Å². The molecular weight excluding hydrogens is 346 g/mol. The fourth-order valence-corrected chi connectivity index (χ4v) is 4.74. The molecule has 2 aromatic rings. The van der Waals surface area contributed by atoms with Crippen LogP contribution >= 0.6 is 11.6 Å². The molecule has 1 atom stereocenters. The van der Waals surface area contributed by atoms with Gasteiger partial charge in [0.25, 0.3) is 0 Å². The molecule has 0 aliphatic heterocycles. The van der Waals surface area contributed by atoms with Crippen molar-refractivity contribution in [1.29, 1.82) is 0 Å². The first-order chi connectivity index (χ1) is 11.3. The van der Waals surface area contributed by atoms with Gasteiger partial charge < -0.3 is 5.11 Å². The van der Waals surface area contributed by atoms with Gasteiger partial charge in [-0.2, -0.15) is 0 Å². The number of benzene rings is 2. The number of fused-ring (bicyclic) bond motifs is 1. The predicted molar refractivity (Wildman–Crippen MR) is 94.8 cm³/mol. The van der Waals surface area contributed by atoms with Crippen molar-refractivity contribution >= 4 is 21.6 Å². The van der Waals surface area contributed by atoms with Gasteiger partial charge in [-0.25, -0.2) is 13.1 Å². The number of nitrogens with one attached hydrogen (secondary N) is 1. The van der Waals surface area contributed by atoms with Crippen molar-refractivity contribution in [3.05, 3.63) is 64.2 Å². The molecular formula is C18H20ClNO3S. The van der Waals surface area contributed by atoms with Gasteiger partial charge in [0.1, 0.15) is 0 Å². The Morgan fingerprint density at radius 2 is 1.88 bits per heavy atom. The number of hydrogen-bond acceptors (Lipinski definition) is 3. The Kier molecular flexibility index (Phi) is 4.71. The van der Waals surface area contributed by atoms with Crippen molar-refractivity contribution < 1.29 is 13.5 Å². The van der Waals surface area contributed by atoms with Crippen LogP contribution < -0.4 is 4.72 Å². The van der Waals surface area contributed by atoms with Crippen LogP contribution in [0.25, 0.3) is 0 Å². The largest absolute Gasteiger partial charge is 0.388 e. The predicted octanol–water partition coefficient (Wildman–Crippen LogP) is 2.85. The zero-order valence-corrected chi connectivity index (χ0v) is 15.0. The molecule has 0 aromatic heterocycles. The lowest BCUT2D eigenvalue weighted by Crippen LogP contribution is -2.46. The minimum atomic E-state index is -3.72. The molecule has 0 unspecified atom stereocenters. The molecule has 3 rings (SSSR count). The van der Waals surface area contributed by atoms with E-state index in [0.717, 1.165) is 12.0 Å². The summed E-state index contributed by atoms with van der Waals surface area (Å²) in [6.45, 7) is 1.65. The van der Waals surface area contributed by atoms with E-state index in [2.05, 4.69) is 10.8 Å². The van der Waals surface area contributed by atoms with E-state index in [4.69, 9.17) is 11.6 Å². The van der Waals surface area contributed by atoms with Crippen LogP contribution in [0.4, 0.5) is 0 Å². The van der Waals surface area contributed by atoms with Gasteiger partial charge in [-0.1, -0.05) is 41.9 Å². The summed E-state index contributed by atoms with van der Waals surface area (Å²) < 4.78 is 27.7. The van der Waals surface area contributed by atoms with E-state index < -0.39 is 15.6 Å². The second-order valence-corrected chi connectivity index (χ2v) is 8.50. The molecule has 0 bridgehead atoms. The maximum atomic E-state index is 12.6. The van der Waals surface area contributed by atoms with Crippen molar-refractivity contribution in [2.45, 2.75) is 36.7 Å². The molecule has 4 nitrogen and oxygen atoms in total. The van der Waals surface area contributed by atoms with Crippen LogP contribution in [0, 0.1) is 6.92 Å². The van der Waals surface area contributed by atoms with E-state index in [0.29, 0.717) is 23.4 Å². The van der Waals surface area contributed by atoms with Crippen molar-refractivity contribution in [1.82, 2.24) is 4.72 Å². The van der Waals surface area contributed by atoms with Crippen molar-refractivity contribution in [2.75, 3.05) is 6.54 Å². The Labute approximate surface area is 147 Å². The summed E-state index contributed by atoms with van der Waals surface area (Å²) in [5, 5.41) is 11.2. The van der Waals surface area contributed by atoms with Crippen LogP contribution in [0.15, 0.2) is 47.4 Å². The third-order valence-corrected chi connectivity index (χ3v) is 6.55. The number of sulfonamides is 1. The summed E-state index contributed by atoms with van der Waals surface area (Å²) in [6.07, 6.45) is 1.71. The van der Waals surface area contributed by atoms with Crippen molar-refractivity contribution in [3.63, 3.8) is 0 Å². The van der Waals surface area contributed by atoms with E-state index in [-0.39, 0.29) is 11.4 Å². The molecule has 128 valence electrons. The molecule has 0 fully saturated rings. The maximum Gasteiger partial charge on any atom is 0.240 e. The van der Waals surface area contributed by atoms with Crippen LogP contribution in [0.2, 0.25) is 5.02 Å². The summed E-state index contributed by atoms with van der Waals surface area (Å²) in [7, 11) is -3.72. The van der Waals surface area contributed by atoms with Gasteiger partial charge in [0.15, 0.2) is 0 Å². The van der Waals surface area contributed by atoms with Gasteiger partial charge in [-0.15, -0.1) is 0 Å². The second kappa shape index (κ2) is 6.48. The molecule has 2 aromatic carbocycles. The molecule has 0 saturated carbocycles. The summed E-state index contributed by atoms with van der Waals surface area (Å²) in [5.74, 6) is 0. The summed E-state index contributed by atoms with van der Waals surface area (Å²) in [4.78, 5) is 0.148. The van der Waals surface area contributed by atoms with Crippen molar-refractivity contribution in [3.8, 4) is 0 Å². The highest BCUT2D eigenvalue weighted by Gasteiger charge is 2.33. The number of aliphatic hydroxyl groups is 1. The molecule has 1 aliphatic rings. The molecule has 6 heteroatoms. The first-order valence-electron chi connectivity index (χ1n) is 7.85. The fraction of sp³-hybridized carbons (Fsp3) is 0.333. The van der Waals surface area contributed by atoms with Crippen LogP contribution in [-0.2, 0) is 22.9 Å². The first-order valence-corrected chi connectivity index (χ1v) is 9.71. The molecule has 24 heavy (non-hydrogen) atoms. The SMILES string of the molecule is Cc1c(Cl)cccc1S(=O)(=O)NC[C@@]1(O)CCc2ccccc2C1. The zero-order valence-electron chi connectivity index (χ0n) is 13.4. The van der Waals surface area contributed by atoms with E-state index in [9.17, 15) is 13.5 Å². The van der Waals surface area contributed by atoms with Gasteiger partial charge in [-0.3, -0.25) is 0 Å². The third-order valence-electron chi connectivity index (χ3n) is 4.60. The quantitative estimate of drug-likeness (QED) is 0.875. The van der Waals surface area contributed by atoms with Crippen LogP contribution in [0.3, 0.4) is 0 Å². The first kappa shape index (κ1) is 17.4. The summed E-state index contributed by atoms with van der Waals surface area (Å²) >= 11 is 6.01. The minimum absolute atomic E-state index is 0.0182. The van der Waals surface area contributed by atoms with Gasteiger partial charge in [0.05, 0.1) is 10.5 Å². The Bertz CT molecular complexity index is 866. The fourth-order valence-electron chi connectivity index (χ4n) is 3.12. The van der Waals surface area contributed by atoms with Gasteiger partial charge >= 0.3 is 0 Å². The number of hydrogen-bond donors (Lipinski definition) is 2. The standard InChI is InChI=1S/C18H20ClNO3S/c1-13-16(19)7-4-8-17(13)24(22,23)20-12-18(21)10-9-14-5-2-3-6-15(14)11-18/h2-8,20-21H,9-12H2,1H3/t18-/m1/s1. The van der Waals surface area contributed by atoms with Crippen molar-refractivity contribution in [2.24, 2.45) is 0 Å². The lowest BCUT2D eigenvalue weighted by Gasteiger charge is -2.33. The highest BCUT2D eigenvalue weighted by atomic mass is 35.5. The third kappa shape index (κ3) is 3.49. The van der Waals surface area contributed by atoms with E-state index in [1.54, 1.807) is 19.1 Å². The van der Waals surface area contributed by atoms with Gasteiger partial charge in [0.2, 0.25) is 10.0 Å². The Hall–Kier alpha value is -1.40. The highest BCUT2D eigenvalue weighted by Crippen LogP contribution is 2.29. The molecule has 0 saturated heterocycles. The Morgan fingerprint density at radius 3 is 2.62 bits per heavy atom. The van der Waals surface area contributed by atoms with Crippen LogP contribution in [0.5, 0.6) is 0 Å². The average Bonchev–Trinajstić information content (AvgIpc) is 2.55. The van der Waals surface area contributed by atoms with Gasteiger partial charge in [0, 0.05) is 18.0 Å². The molecule has 1 aliphatic carbocycles. The summed E-state index contributed by atoms with van der Waals surface area (Å²) in [5.41, 5.74) is 1.72. The maximum absolute atomic E-state index is 12.6. The summed E-state index contributed by atoms with van der Waals surface area (Å²) in [6, 6.07) is 12.7. The number of halogens is 1. The van der Waals surface area contributed by atoms with Gasteiger partial charge in [-0.05, 0) is 48.6 Å². The molecule has 2 N–H and O–H groups in total. The molecule has 0 radical (unpaired) electrons. The monoisotopic (exact) mass is 365 g/mol. The molecule has 0 amide bonds. The highest BCUT2D eigenvalue weighted by molar-refractivity contribution is 7.89. The average molecular weight is 366 g/mol. The molecule has 0 heterocycles. The second-order valence-electron chi connectivity index (χ2n) is 6.36. The zero-order chi connectivity index (χ0) is 17.4. The van der Waals surface area contributed by atoms with E-state index in [1.165, 1.54) is 11.6 Å². The Morgan fingerprint density at radius 1 is 1.17 bits per heavy atom. The van der Waals surface area contributed by atoms with E-state index in [1.807, 2.05) is 18.2 Å². The van der Waals surface area contributed by atoms with Crippen LogP contribution in [-0.4, -0.2) is 25.7 Å². The smallest absolute Gasteiger partial charge is 0.240 e. The van der Waals surface area contributed by atoms with E-state index >= 15 is 0 Å². The lowest BCUT2D eigenvalue weighted by atomic mass is 9.80. The number of aryl methyl sites for hydroxylation is 1.